The molecule has 0 bridgehead atoms. The molecular formula is C17H40N2O3. The molecular weight excluding hydrogens is 280 g/mol. The van der Waals surface area contributed by atoms with Crippen LogP contribution in [0.25, 0.3) is 0 Å². The first-order valence-electron chi connectivity index (χ1n) is 8.21. The smallest absolute Gasteiger partial charge is 0.0805 e. The Kier molecular flexibility index (Phi) is 15.1. The van der Waals surface area contributed by atoms with E-state index in [1.807, 2.05) is 0 Å². The van der Waals surface area contributed by atoms with Crippen LogP contribution in [0.2, 0.25) is 0 Å². The molecule has 5 nitrogen and oxygen atoms in total. The normalized spacial score (nSPS) is 11.5. The number of nitrogens with zero attached hydrogens (tertiary/aromatic N) is 2. The first-order chi connectivity index (χ1) is 9.69. The lowest BCUT2D eigenvalue weighted by molar-refractivity contribution is -0.891. The Morgan fingerprint density at radius 3 is 1.00 bits per heavy atom. The summed E-state index contributed by atoms with van der Waals surface area (Å²) < 4.78 is 2.30. The molecule has 0 atom stereocenters. The number of carbonyl (C=O) groups is 1. The van der Waals surface area contributed by atoms with E-state index >= 15 is 0 Å². The molecule has 0 fully saturated rings. The minimum atomic E-state index is -2.33. The maximum atomic E-state index is 8.33. The van der Waals surface area contributed by atoms with Gasteiger partial charge in [-0.05, 0) is 20.0 Å². The van der Waals surface area contributed by atoms with Crippen molar-refractivity contribution < 1.29 is 24.0 Å². The molecule has 0 aromatic rings. The average Bonchev–Trinajstić information content (AvgIpc) is 2.26. The van der Waals surface area contributed by atoms with Crippen LogP contribution >= 0.6 is 0 Å². The quantitative estimate of drug-likeness (QED) is 0.687. The van der Waals surface area contributed by atoms with E-state index in [0.29, 0.717) is 0 Å². The fourth-order valence-corrected chi connectivity index (χ4v) is 2.24. The van der Waals surface area contributed by atoms with Gasteiger partial charge in [-0.3, -0.25) is 0 Å². The SMILES string of the molecule is CC[N+](C)(C)CC(C)C.CC[N+](C)(C)CC(C)C.O=C([O-])[O-]. The number of hydrogen-bond acceptors (Lipinski definition) is 3. The van der Waals surface area contributed by atoms with Crippen LogP contribution in [0.4, 0.5) is 4.79 Å². The fraction of sp³-hybridized carbons (Fsp3) is 0.941. The van der Waals surface area contributed by atoms with Gasteiger partial charge in [0.05, 0.1) is 54.4 Å². The molecule has 0 aliphatic heterocycles. The molecule has 0 N–H and O–H groups in total. The molecule has 0 amide bonds. The molecule has 0 aromatic heterocycles. The van der Waals surface area contributed by atoms with Gasteiger partial charge < -0.3 is 24.0 Å². The van der Waals surface area contributed by atoms with Crippen molar-refractivity contribution in [2.75, 3.05) is 54.4 Å². The van der Waals surface area contributed by atoms with Crippen molar-refractivity contribution in [3.8, 4) is 0 Å². The van der Waals surface area contributed by atoms with Gasteiger partial charge in [0.2, 0.25) is 0 Å². The number of carboxylic acid groups (broad SMARTS) is 2. The van der Waals surface area contributed by atoms with Crippen LogP contribution in [0.1, 0.15) is 41.5 Å². The van der Waals surface area contributed by atoms with Crippen LogP contribution in [0.5, 0.6) is 0 Å². The lowest BCUT2D eigenvalue weighted by atomic mass is 10.2. The Hall–Kier alpha value is -0.810. The highest BCUT2D eigenvalue weighted by Crippen LogP contribution is 2.03. The molecule has 0 saturated heterocycles. The van der Waals surface area contributed by atoms with Crippen LogP contribution in [0.15, 0.2) is 0 Å². The van der Waals surface area contributed by atoms with Crippen molar-refractivity contribution in [1.29, 1.82) is 0 Å². The number of hydrogen-bond donors (Lipinski definition) is 0. The number of quaternary nitrogens is 2. The third-order valence-electron chi connectivity index (χ3n) is 3.43. The predicted octanol–water partition coefficient (Wildman–Crippen LogP) is 1.03. The van der Waals surface area contributed by atoms with Gasteiger partial charge in [-0.15, -0.1) is 0 Å². The highest BCUT2D eigenvalue weighted by molar-refractivity contribution is 5.47. The van der Waals surface area contributed by atoms with E-state index in [1.54, 1.807) is 0 Å². The van der Waals surface area contributed by atoms with Crippen LogP contribution in [0, 0.1) is 11.8 Å². The summed E-state index contributed by atoms with van der Waals surface area (Å²) >= 11 is 0. The van der Waals surface area contributed by atoms with Crippen molar-refractivity contribution in [2.45, 2.75) is 41.5 Å². The van der Waals surface area contributed by atoms with Crippen molar-refractivity contribution in [2.24, 2.45) is 11.8 Å². The maximum Gasteiger partial charge on any atom is 0.0805 e. The first-order valence-corrected chi connectivity index (χ1v) is 8.21. The number of rotatable bonds is 6. The summed E-state index contributed by atoms with van der Waals surface area (Å²) in [5.74, 6) is 1.64. The summed E-state index contributed by atoms with van der Waals surface area (Å²) in [6.45, 7) is 18.6. The van der Waals surface area contributed by atoms with Gasteiger partial charge in [-0.2, -0.15) is 0 Å². The Balaban J connectivity index is -0.000000266. The summed E-state index contributed by atoms with van der Waals surface area (Å²) in [5.41, 5.74) is 0. The fourth-order valence-electron chi connectivity index (χ4n) is 2.24. The third-order valence-corrected chi connectivity index (χ3v) is 3.43. The molecule has 0 spiro atoms. The number of carbonyl (C=O) groups excluding carboxylic acids is 1. The van der Waals surface area contributed by atoms with Gasteiger partial charge in [0, 0.05) is 11.8 Å². The first kappa shape index (κ1) is 26.1. The van der Waals surface area contributed by atoms with Crippen molar-refractivity contribution in [1.82, 2.24) is 0 Å². The second-order valence-corrected chi connectivity index (χ2v) is 7.91. The molecule has 136 valence electrons. The van der Waals surface area contributed by atoms with Gasteiger partial charge in [0.25, 0.3) is 0 Å². The summed E-state index contributed by atoms with van der Waals surface area (Å²) in [4.78, 5) is 8.33. The van der Waals surface area contributed by atoms with E-state index in [-0.39, 0.29) is 0 Å². The summed E-state index contributed by atoms with van der Waals surface area (Å²) in [7, 11) is 9.11. The van der Waals surface area contributed by atoms with Crippen molar-refractivity contribution in [3.63, 3.8) is 0 Å². The van der Waals surface area contributed by atoms with E-state index < -0.39 is 6.16 Å². The van der Waals surface area contributed by atoms with Crippen LogP contribution < -0.4 is 10.2 Å². The molecule has 5 heteroatoms. The summed E-state index contributed by atoms with van der Waals surface area (Å²) in [6, 6.07) is 0. The van der Waals surface area contributed by atoms with Crippen LogP contribution in [0.3, 0.4) is 0 Å². The molecule has 0 aromatic carbocycles. The Morgan fingerprint density at radius 2 is 0.955 bits per heavy atom. The van der Waals surface area contributed by atoms with Gasteiger partial charge in [0.1, 0.15) is 0 Å². The standard InChI is InChI=1S/2C8H20N.CH2O3/c2*1-6-9(4,5)7-8(2)3;2-1(3)4/h2*8H,6-7H2,1-5H3;(H2,2,3,4)/q2*+1;/p-2. The maximum absolute atomic E-state index is 8.33. The second kappa shape index (κ2) is 12.7. The Labute approximate surface area is 138 Å². The predicted molar refractivity (Wildman–Crippen MR) is 90.1 cm³/mol. The average molecular weight is 321 g/mol. The Morgan fingerprint density at radius 1 is 0.773 bits per heavy atom. The zero-order valence-corrected chi connectivity index (χ0v) is 16.6. The zero-order valence-electron chi connectivity index (χ0n) is 16.6. The minimum Gasteiger partial charge on any atom is -0.652 e. The molecule has 0 aliphatic rings. The van der Waals surface area contributed by atoms with Gasteiger partial charge >= 0.3 is 0 Å². The lowest BCUT2D eigenvalue weighted by Gasteiger charge is -2.29. The molecule has 0 aliphatic carbocycles. The van der Waals surface area contributed by atoms with Crippen LogP contribution in [-0.4, -0.2) is 69.5 Å². The highest BCUT2D eigenvalue weighted by atomic mass is 16.6. The second-order valence-electron chi connectivity index (χ2n) is 7.91. The highest BCUT2D eigenvalue weighted by Gasteiger charge is 2.13. The molecule has 0 heterocycles. The van der Waals surface area contributed by atoms with E-state index in [9.17, 15) is 0 Å². The van der Waals surface area contributed by atoms with Gasteiger partial charge in [0.15, 0.2) is 0 Å². The van der Waals surface area contributed by atoms with Gasteiger partial charge in [-0.25, -0.2) is 0 Å². The summed E-state index contributed by atoms with van der Waals surface area (Å²) in [6.07, 6.45) is -2.33. The molecule has 22 heavy (non-hydrogen) atoms. The van der Waals surface area contributed by atoms with E-state index in [4.69, 9.17) is 15.0 Å². The minimum absolute atomic E-state index is 0.819. The molecule has 0 saturated carbocycles. The largest absolute Gasteiger partial charge is 0.652 e. The van der Waals surface area contributed by atoms with Crippen LogP contribution in [-0.2, 0) is 0 Å². The van der Waals surface area contributed by atoms with Crippen molar-refractivity contribution >= 4 is 6.16 Å². The molecule has 0 unspecified atom stereocenters. The summed E-state index contributed by atoms with van der Waals surface area (Å²) in [5, 5.41) is 16.7. The van der Waals surface area contributed by atoms with E-state index in [1.165, 1.54) is 26.2 Å². The Bertz CT molecular complexity index is 249. The van der Waals surface area contributed by atoms with E-state index in [2.05, 4.69) is 69.7 Å². The molecule has 0 radical (unpaired) electrons. The monoisotopic (exact) mass is 320 g/mol. The third kappa shape index (κ3) is 27.5. The molecule has 0 rings (SSSR count). The van der Waals surface area contributed by atoms with Crippen molar-refractivity contribution in [3.05, 3.63) is 0 Å². The topological polar surface area (TPSA) is 63.2 Å². The van der Waals surface area contributed by atoms with Gasteiger partial charge in [-0.1, -0.05) is 27.7 Å². The van der Waals surface area contributed by atoms with E-state index in [0.717, 1.165) is 20.8 Å². The lowest BCUT2D eigenvalue weighted by Crippen LogP contribution is -2.42. The zero-order chi connectivity index (χ0) is 18.6.